The van der Waals surface area contributed by atoms with Crippen molar-refractivity contribution in [2.75, 3.05) is 0 Å². The zero-order chi connectivity index (χ0) is 12.7. The molecule has 1 aromatic carbocycles. The van der Waals surface area contributed by atoms with Crippen LogP contribution in [0.3, 0.4) is 0 Å². The molecule has 1 heteroatoms. The van der Waals surface area contributed by atoms with Gasteiger partial charge in [-0.15, -0.1) is 0 Å². The highest BCUT2D eigenvalue weighted by Crippen LogP contribution is 2.20. The van der Waals surface area contributed by atoms with Crippen molar-refractivity contribution in [3.05, 3.63) is 53.7 Å². The topological polar surface area (TPSA) is 12.9 Å². The standard InChI is InChI=1S/C14H15N.C2H6/c1-3-13-10-9-11(2)14(15-13)12-7-5-4-6-8-12;1-2/h4-10H,3H2,1-2H3;1-2H3. The Hall–Kier alpha value is -1.63. The third-order valence-electron chi connectivity index (χ3n) is 2.56. The Labute approximate surface area is 105 Å². The summed E-state index contributed by atoms with van der Waals surface area (Å²) in [6, 6.07) is 14.6. The monoisotopic (exact) mass is 227 g/mol. The Morgan fingerprint density at radius 1 is 0.941 bits per heavy atom. The highest BCUT2D eigenvalue weighted by molar-refractivity contribution is 5.62. The first-order valence-corrected chi connectivity index (χ1v) is 6.33. The third kappa shape index (κ3) is 3.42. The van der Waals surface area contributed by atoms with Crippen LogP contribution in [0.1, 0.15) is 32.0 Å². The molecule has 2 rings (SSSR count). The molecule has 0 atom stereocenters. The zero-order valence-corrected chi connectivity index (χ0v) is 11.2. The van der Waals surface area contributed by atoms with E-state index in [9.17, 15) is 0 Å². The van der Waals surface area contributed by atoms with E-state index in [2.05, 4.69) is 55.2 Å². The average molecular weight is 227 g/mol. The highest BCUT2D eigenvalue weighted by Gasteiger charge is 2.03. The van der Waals surface area contributed by atoms with Crippen LogP contribution in [0.25, 0.3) is 11.3 Å². The van der Waals surface area contributed by atoms with Crippen molar-refractivity contribution in [3.63, 3.8) is 0 Å². The van der Waals surface area contributed by atoms with Gasteiger partial charge < -0.3 is 0 Å². The lowest BCUT2D eigenvalue weighted by molar-refractivity contribution is 1.03. The molecule has 0 amide bonds. The second-order valence-corrected chi connectivity index (χ2v) is 3.69. The van der Waals surface area contributed by atoms with Gasteiger partial charge in [-0.3, -0.25) is 4.98 Å². The van der Waals surface area contributed by atoms with E-state index in [1.165, 1.54) is 11.1 Å². The predicted octanol–water partition coefficient (Wildman–Crippen LogP) is 4.65. The maximum absolute atomic E-state index is 4.66. The minimum absolute atomic E-state index is 0.986. The van der Waals surface area contributed by atoms with Gasteiger partial charge in [-0.1, -0.05) is 57.2 Å². The van der Waals surface area contributed by atoms with Crippen LogP contribution in [-0.2, 0) is 6.42 Å². The lowest BCUT2D eigenvalue weighted by atomic mass is 10.1. The Morgan fingerprint density at radius 2 is 1.59 bits per heavy atom. The molecule has 0 N–H and O–H groups in total. The van der Waals surface area contributed by atoms with Crippen LogP contribution in [-0.4, -0.2) is 4.98 Å². The van der Waals surface area contributed by atoms with Crippen LogP contribution in [0.5, 0.6) is 0 Å². The first kappa shape index (κ1) is 13.4. The third-order valence-corrected chi connectivity index (χ3v) is 2.56. The zero-order valence-electron chi connectivity index (χ0n) is 11.2. The van der Waals surface area contributed by atoms with Crippen molar-refractivity contribution in [2.45, 2.75) is 34.1 Å². The van der Waals surface area contributed by atoms with E-state index in [1.54, 1.807) is 0 Å². The van der Waals surface area contributed by atoms with Crippen LogP contribution in [0.4, 0.5) is 0 Å². The summed E-state index contributed by atoms with van der Waals surface area (Å²) >= 11 is 0. The second-order valence-electron chi connectivity index (χ2n) is 3.69. The quantitative estimate of drug-likeness (QED) is 0.728. The van der Waals surface area contributed by atoms with Gasteiger partial charge in [0.1, 0.15) is 0 Å². The Balaban J connectivity index is 0.000000686. The van der Waals surface area contributed by atoms with Crippen molar-refractivity contribution in [1.82, 2.24) is 4.98 Å². The first-order valence-electron chi connectivity index (χ1n) is 6.33. The van der Waals surface area contributed by atoms with Gasteiger partial charge >= 0.3 is 0 Å². The number of nitrogens with zero attached hydrogens (tertiary/aromatic N) is 1. The number of aromatic nitrogens is 1. The van der Waals surface area contributed by atoms with Gasteiger partial charge in [-0.25, -0.2) is 0 Å². The summed E-state index contributed by atoms with van der Waals surface area (Å²) in [4.78, 5) is 4.66. The molecule has 0 spiro atoms. The van der Waals surface area contributed by atoms with Gasteiger partial charge in [0, 0.05) is 11.3 Å². The maximum atomic E-state index is 4.66. The summed E-state index contributed by atoms with van der Waals surface area (Å²) in [7, 11) is 0. The molecular formula is C16H21N. The number of benzene rings is 1. The molecule has 1 heterocycles. The molecule has 0 aliphatic heterocycles. The van der Waals surface area contributed by atoms with E-state index in [0.29, 0.717) is 0 Å². The Morgan fingerprint density at radius 3 is 2.18 bits per heavy atom. The van der Waals surface area contributed by atoms with E-state index < -0.39 is 0 Å². The molecular weight excluding hydrogens is 206 g/mol. The van der Waals surface area contributed by atoms with E-state index in [4.69, 9.17) is 0 Å². The number of hydrogen-bond acceptors (Lipinski definition) is 1. The number of hydrogen-bond donors (Lipinski definition) is 0. The number of pyridine rings is 1. The van der Waals surface area contributed by atoms with E-state index in [0.717, 1.165) is 17.8 Å². The maximum Gasteiger partial charge on any atom is 0.0734 e. The van der Waals surface area contributed by atoms with Crippen molar-refractivity contribution in [2.24, 2.45) is 0 Å². The molecule has 0 fully saturated rings. The summed E-state index contributed by atoms with van der Waals surface area (Å²) in [5.41, 5.74) is 4.69. The summed E-state index contributed by atoms with van der Waals surface area (Å²) in [5.74, 6) is 0. The van der Waals surface area contributed by atoms with Crippen LogP contribution in [0, 0.1) is 6.92 Å². The van der Waals surface area contributed by atoms with Gasteiger partial charge in [-0.05, 0) is 25.0 Å². The van der Waals surface area contributed by atoms with Crippen molar-refractivity contribution < 1.29 is 0 Å². The van der Waals surface area contributed by atoms with Crippen molar-refractivity contribution >= 4 is 0 Å². The molecule has 1 nitrogen and oxygen atoms in total. The SMILES string of the molecule is CC.CCc1ccc(C)c(-c2ccccc2)n1. The molecule has 0 aliphatic carbocycles. The van der Waals surface area contributed by atoms with E-state index in [-0.39, 0.29) is 0 Å². The van der Waals surface area contributed by atoms with Gasteiger partial charge in [0.15, 0.2) is 0 Å². The van der Waals surface area contributed by atoms with Crippen LogP contribution in [0.15, 0.2) is 42.5 Å². The summed E-state index contributed by atoms with van der Waals surface area (Å²) < 4.78 is 0. The fourth-order valence-corrected chi connectivity index (χ4v) is 1.65. The highest BCUT2D eigenvalue weighted by atomic mass is 14.7. The second kappa shape index (κ2) is 6.85. The van der Waals surface area contributed by atoms with E-state index >= 15 is 0 Å². The molecule has 17 heavy (non-hydrogen) atoms. The minimum atomic E-state index is 0.986. The molecule has 0 radical (unpaired) electrons. The molecule has 0 aliphatic rings. The molecule has 90 valence electrons. The Bertz CT molecular complexity index is 446. The Kier molecular flexibility index (Phi) is 5.41. The van der Waals surface area contributed by atoms with Gasteiger partial charge in [0.25, 0.3) is 0 Å². The lowest BCUT2D eigenvalue weighted by Gasteiger charge is -2.06. The average Bonchev–Trinajstić information content (AvgIpc) is 2.42. The molecule has 1 aromatic heterocycles. The molecule has 0 saturated heterocycles. The van der Waals surface area contributed by atoms with Crippen LogP contribution in [0.2, 0.25) is 0 Å². The molecule has 2 aromatic rings. The van der Waals surface area contributed by atoms with Crippen molar-refractivity contribution in [3.8, 4) is 11.3 Å². The summed E-state index contributed by atoms with van der Waals surface area (Å²) in [6.45, 7) is 8.24. The van der Waals surface area contributed by atoms with Gasteiger partial charge in [-0.2, -0.15) is 0 Å². The first-order chi connectivity index (χ1) is 8.31. The van der Waals surface area contributed by atoms with Crippen LogP contribution < -0.4 is 0 Å². The van der Waals surface area contributed by atoms with E-state index in [1.807, 2.05) is 19.9 Å². The fourth-order valence-electron chi connectivity index (χ4n) is 1.65. The largest absolute Gasteiger partial charge is 0.253 e. The lowest BCUT2D eigenvalue weighted by Crippen LogP contribution is -1.93. The molecule has 0 bridgehead atoms. The van der Waals surface area contributed by atoms with Crippen LogP contribution >= 0.6 is 0 Å². The summed E-state index contributed by atoms with van der Waals surface area (Å²) in [6.07, 6.45) is 0.986. The minimum Gasteiger partial charge on any atom is -0.253 e. The smallest absolute Gasteiger partial charge is 0.0734 e. The molecule has 0 unspecified atom stereocenters. The van der Waals surface area contributed by atoms with Gasteiger partial charge in [0.05, 0.1) is 5.69 Å². The van der Waals surface area contributed by atoms with Gasteiger partial charge in [0.2, 0.25) is 0 Å². The summed E-state index contributed by atoms with van der Waals surface area (Å²) in [5, 5.41) is 0. The number of aryl methyl sites for hydroxylation is 2. The predicted molar refractivity (Wildman–Crippen MR) is 75.1 cm³/mol. The fraction of sp³-hybridized carbons (Fsp3) is 0.312. The normalized spacial score (nSPS) is 9.41. The number of rotatable bonds is 2. The molecule has 0 saturated carbocycles. The van der Waals surface area contributed by atoms with Crippen molar-refractivity contribution in [1.29, 1.82) is 0 Å².